The van der Waals surface area contributed by atoms with E-state index in [1.54, 1.807) is 12.1 Å². The van der Waals surface area contributed by atoms with Gasteiger partial charge in [0, 0.05) is 26.2 Å². The lowest BCUT2D eigenvalue weighted by atomic mass is 10.0. The second-order valence-electron chi connectivity index (χ2n) is 4.39. The largest absolute Gasteiger partial charge is 0.468 e. The van der Waals surface area contributed by atoms with Gasteiger partial charge in [-0.3, -0.25) is 4.90 Å². The van der Waals surface area contributed by atoms with Gasteiger partial charge in [-0.25, -0.2) is 4.79 Å². The fourth-order valence-electron chi connectivity index (χ4n) is 2.23. The Kier molecular flexibility index (Phi) is 5.05. The van der Waals surface area contributed by atoms with E-state index in [-0.39, 0.29) is 5.97 Å². The summed E-state index contributed by atoms with van der Waals surface area (Å²) in [5, 5.41) is 4.19. The summed E-state index contributed by atoms with van der Waals surface area (Å²) >= 11 is 11.9. The summed E-state index contributed by atoms with van der Waals surface area (Å²) in [6.45, 7) is 3.30. The Hall–Kier alpha value is -0.810. The fraction of sp³-hybridized carbons (Fsp3) is 0.462. The van der Waals surface area contributed by atoms with Gasteiger partial charge < -0.3 is 10.1 Å². The molecule has 1 N–H and O–H groups in total. The number of piperazine rings is 1. The van der Waals surface area contributed by atoms with Gasteiger partial charge in [0.25, 0.3) is 0 Å². The monoisotopic (exact) mass is 302 g/mol. The Balaban J connectivity index is 2.30. The van der Waals surface area contributed by atoms with E-state index < -0.39 is 6.04 Å². The smallest absolute Gasteiger partial charge is 0.327 e. The van der Waals surface area contributed by atoms with Crippen LogP contribution in [0, 0.1) is 0 Å². The van der Waals surface area contributed by atoms with Crippen LogP contribution in [-0.4, -0.2) is 44.2 Å². The molecule has 0 bridgehead atoms. The summed E-state index contributed by atoms with van der Waals surface area (Å²) < 4.78 is 4.91. The first kappa shape index (κ1) is 14.6. The van der Waals surface area contributed by atoms with Gasteiger partial charge in [0.15, 0.2) is 0 Å². The van der Waals surface area contributed by atoms with Gasteiger partial charge in [-0.15, -0.1) is 0 Å². The Morgan fingerprint density at radius 2 is 2.00 bits per heavy atom. The SMILES string of the molecule is COC(=O)C(c1ccc(Cl)c(Cl)c1)N1CCNCC1. The van der Waals surface area contributed by atoms with Crippen molar-refractivity contribution in [2.24, 2.45) is 0 Å². The van der Waals surface area contributed by atoms with E-state index in [0.29, 0.717) is 10.0 Å². The van der Waals surface area contributed by atoms with Crippen LogP contribution in [0.4, 0.5) is 0 Å². The maximum atomic E-state index is 12.0. The van der Waals surface area contributed by atoms with E-state index in [2.05, 4.69) is 10.2 Å². The highest BCUT2D eigenvalue weighted by Crippen LogP contribution is 2.29. The molecule has 0 saturated carbocycles. The summed E-state index contributed by atoms with van der Waals surface area (Å²) in [4.78, 5) is 14.1. The first-order chi connectivity index (χ1) is 9.13. The molecule has 1 heterocycles. The summed E-state index contributed by atoms with van der Waals surface area (Å²) in [7, 11) is 1.40. The molecule has 1 aromatic rings. The van der Waals surface area contributed by atoms with Gasteiger partial charge in [0.2, 0.25) is 0 Å². The van der Waals surface area contributed by atoms with Crippen molar-refractivity contribution in [1.29, 1.82) is 0 Å². The van der Waals surface area contributed by atoms with Crippen molar-refractivity contribution in [2.75, 3.05) is 33.3 Å². The van der Waals surface area contributed by atoms with E-state index in [4.69, 9.17) is 27.9 Å². The molecule has 1 unspecified atom stereocenters. The van der Waals surface area contributed by atoms with E-state index in [1.165, 1.54) is 7.11 Å². The molecule has 104 valence electrons. The lowest BCUT2D eigenvalue weighted by Gasteiger charge is -2.33. The molecular formula is C13H16Cl2N2O2. The van der Waals surface area contributed by atoms with E-state index in [9.17, 15) is 4.79 Å². The van der Waals surface area contributed by atoms with Crippen LogP contribution in [0.15, 0.2) is 18.2 Å². The maximum Gasteiger partial charge on any atom is 0.327 e. The highest BCUT2D eigenvalue weighted by atomic mass is 35.5. The third-order valence-corrected chi connectivity index (χ3v) is 3.94. The second kappa shape index (κ2) is 6.57. The van der Waals surface area contributed by atoms with Crippen molar-refractivity contribution in [1.82, 2.24) is 10.2 Å². The number of ether oxygens (including phenoxy) is 1. The minimum absolute atomic E-state index is 0.278. The van der Waals surface area contributed by atoms with Crippen LogP contribution in [0.5, 0.6) is 0 Å². The van der Waals surface area contributed by atoms with E-state index >= 15 is 0 Å². The van der Waals surface area contributed by atoms with Crippen molar-refractivity contribution in [2.45, 2.75) is 6.04 Å². The van der Waals surface area contributed by atoms with Gasteiger partial charge in [0.05, 0.1) is 17.2 Å². The molecule has 0 aromatic heterocycles. The molecule has 0 radical (unpaired) electrons. The average Bonchev–Trinajstić information content (AvgIpc) is 2.44. The Bertz CT molecular complexity index is 462. The molecule has 6 heteroatoms. The zero-order valence-corrected chi connectivity index (χ0v) is 12.2. The molecule has 1 saturated heterocycles. The molecule has 0 amide bonds. The summed E-state index contributed by atoms with van der Waals surface area (Å²) in [6.07, 6.45) is 0. The number of carbonyl (C=O) groups excluding carboxylic acids is 1. The van der Waals surface area contributed by atoms with Crippen molar-refractivity contribution < 1.29 is 9.53 Å². The summed E-state index contributed by atoms with van der Waals surface area (Å²) in [5.74, 6) is -0.278. The topological polar surface area (TPSA) is 41.6 Å². The van der Waals surface area contributed by atoms with Crippen LogP contribution in [0.3, 0.4) is 0 Å². The normalized spacial score (nSPS) is 18.1. The number of nitrogens with zero attached hydrogens (tertiary/aromatic N) is 1. The van der Waals surface area contributed by atoms with Crippen LogP contribution in [-0.2, 0) is 9.53 Å². The molecule has 2 rings (SSSR count). The highest BCUT2D eigenvalue weighted by molar-refractivity contribution is 6.42. The minimum atomic E-state index is -0.429. The molecule has 1 fully saturated rings. The van der Waals surface area contributed by atoms with Crippen LogP contribution >= 0.6 is 23.2 Å². The van der Waals surface area contributed by atoms with Gasteiger partial charge in [-0.05, 0) is 17.7 Å². The molecule has 19 heavy (non-hydrogen) atoms. The number of esters is 1. The van der Waals surface area contributed by atoms with Crippen LogP contribution < -0.4 is 5.32 Å². The summed E-state index contributed by atoms with van der Waals surface area (Å²) in [5.41, 5.74) is 0.808. The average molecular weight is 303 g/mol. The summed E-state index contributed by atoms with van der Waals surface area (Å²) in [6, 6.07) is 4.82. The van der Waals surface area contributed by atoms with Gasteiger partial charge in [-0.1, -0.05) is 29.3 Å². The molecule has 1 aliphatic heterocycles. The van der Waals surface area contributed by atoms with Crippen molar-refractivity contribution >= 4 is 29.2 Å². The third kappa shape index (κ3) is 3.39. The zero-order valence-electron chi connectivity index (χ0n) is 10.7. The van der Waals surface area contributed by atoms with Crippen LogP contribution in [0.2, 0.25) is 10.0 Å². The van der Waals surface area contributed by atoms with Crippen LogP contribution in [0.1, 0.15) is 11.6 Å². The van der Waals surface area contributed by atoms with Gasteiger partial charge in [0.1, 0.15) is 6.04 Å². The molecular weight excluding hydrogens is 287 g/mol. The standard InChI is InChI=1S/C13H16Cl2N2O2/c1-19-13(18)12(17-6-4-16-5-7-17)9-2-3-10(14)11(15)8-9/h2-3,8,12,16H,4-7H2,1H3. The third-order valence-electron chi connectivity index (χ3n) is 3.20. The maximum absolute atomic E-state index is 12.0. The Labute approximate surface area is 122 Å². The fourth-order valence-corrected chi connectivity index (χ4v) is 2.54. The first-order valence-electron chi connectivity index (χ1n) is 6.11. The second-order valence-corrected chi connectivity index (χ2v) is 5.20. The number of hydrogen-bond acceptors (Lipinski definition) is 4. The number of carbonyl (C=O) groups is 1. The molecule has 1 aliphatic rings. The highest BCUT2D eigenvalue weighted by Gasteiger charge is 2.29. The van der Waals surface area contributed by atoms with Gasteiger partial charge >= 0.3 is 5.97 Å². The van der Waals surface area contributed by atoms with Crippen molar-refractivity contribution in [3.05, 3.63) is 33.8 Å². The lowest BCUT2D eigenvalue weighted by molar-refractivity contribution is -0.147. The molecule has 1 atom stereocenters. The number of halogens is 2. The van der Waals surface area contributed by atoms with Crippen molar-refractivity contribution in [3.8, 4) is 0 Å². The number of methoxy groups -OCH3 is 1. The van der Waals surface area contributed by atoms with E-state index in [0.717, 1.165) is 31.7 Å². The first-order valence-corrected chi connectivity index (χ1v) is 6.86. The zero-order chi connectivity index (χ0) is 13.8. The Morgan fingerprint density at radius 3 is 2.58 bits per heavy atom. The van der Waals surface area contributed by atoms with Crippen LogP contribution in [0.25, 0.3) is 0 Å². The Morgan fingerprint density at radius 1 is 1.32 bits per heavy atom. The molecule has 0 spiro atoms. The predicted molar refractivity (Wildman–Crippen MR) is 75.7 cm³/mol. The predicted octanol–water partition coefficient (Wildman–Crippen LogP) is 2.11. The number of nitrogens with one attached hydrogen (secondary N) is 1. The van der Waals surface area contributed by atoms with Crippen molar-refractivity contribution in [3.63, 3.8) is 0 Å². The van der Waals surface area contributed by atoms with Gasteiger partial charge in [-0.2, -0.15) is 0 Å². The number of hydrogen-bond donors (Lipinski definition) is 1. The quantitative estimate of drug-likeness (QED) is 0.869. The number of rotatable bonds is 3. The number of benzene rings is 1. The molecule has 0 aliphatic carbocycles. The minimum Gasteiger partial charge on any atom is -0.468 e. The lowest BCUT2D eigenvalue weighted by Crippen LogP contribution is -2.47. The molecule has 1 aromatic carbocycles. The van der Waals surface area contributed by atoms with E-state index in [1.807, 2.05) is 6.07 Å². The molecule has 4 nitrogen and oxygen atoms in total.